The van der Waals surface area contributed by atoms with Crippen LogP contribution in [0, 0.1) is 0 Å². The van der Waals surface area contributed by atoms with E-state index in [1.54, 1.807) is 13.1 Å². The molecule has 1 aromatic carbocycles. The number of halogens is 1. The zero-order valence-corrected chi connectivity index (χ0v) is 17.5. The number of likely N-dealkylation sites (tertiary alicyclic amines) is 1. The van der Waals surface area contributed by atoms with Gasteiger partial charge in [-0.15, -0.1) is 24.0 Å². The molecule has 1 aromatic rings. The van der Waals surface area contributed by atoms with Crippen molar-refractivity contribution in [1.82, 2.24) is 15.5 Å². The molecule has 0 bridgehead atoms. The Balaban J connectivity index is 0.00000312. The number of ether oxygens (including phenoxy) is 1. The molecule has 0 aromatic heterocycles. The second kappa shape index (κ2) is 13.0. The Kier molecular flexibility index (Phi) is 11.3. The molecule has 1 aliphatic rings. The van der Waals surface area contributed by atoms with Gasteiger partial charge < -0.3 is 20.3 Å². The molecule has 0 aliphatic carbocycles. The minimum absolute atomic E-state index is 0. The summed E-state index contributed by atoms with van der Waals surface area (Å²) in [5, 5.41) is 6.74. The highest BCUT2D eigenvalue weighted by molar-refractivity contribution is 14.0. The predicted octanol–water partition coefficient (Wildman–Crippen LogP) is 3.02. The van der Waals surface area contributed by atoms with E-state index in [-0.39, 0.29) is 24.0 Å². The van der Waals surface area contributed by atoms with Crippen molar-refractivity contribution < 1.29 is 4.74 Å². The lowest BCUT2D eigenvalue weighted by atomic mass is 10.1. The van der Waals surface area contributed by atoms with Crippen molar-refractivity contribution in [2.75, 3.05) is 39.8 Å². The van der Waals surface area contributed by atoms with Gasteiger partial charge >= 0.3 is 0 Å². The van der Waals surface area contributed by atoms with Gasteiger partial charge in [0, 0.05) is 32.2 Å². The van der Waals surface area contributed by atoms with Crippen molar-refractivity contribution in [3.8, 4) is 5.75 Å². The summed E-state index contributed by atoms with van der Waals surface area (Å²) in [5.41, 5.74) is 1.11. The highest BCUT2D eigenvalue weighted by atomic mass is 127. The van der Waals surface area contributed by atoms with Crippen LogP contribution in [0.2, 0.25) is 0 Å². The van der Waals surface area contributed by atoms with Gasteiger partial charge in [-0.1, -0.05) is 37.3 Å². The predicted molar refractivity (Wildman–Crippen MR) is 116 cm³/mol. The third-order valence-corrected chi connectivity index (χ3v) is 4.17. The average molecular weight is 458 g/mol. The maximum Gasteiger partial charge on any atom is 0.191 e. The van der Waals surface area contributed by atoms with E-state index in [1.165, 1.54) is 32.4 Å². The molecular formula is C19H31IN4O. The Labute approximate surface area is 168 Å². The molecule has 25 heavy (non-hydrogen) atoms. The van der Waals surface area contributed by atoms with Gasteiger partial charge in [-0.2, -0.15) is 0 Å². The Hall–Kier alpha value is -1.28. The molecule has 1 saturated heterocycles. The zero-order valence-electron chi connectivity index (χ0n) is 15.2. The van der Waals surface area contributed by atoms with E-state index < -0.39 is 0 Å². The van der Waals surface area contributed by atoms with Crippen LogP contribution in [-0.4, -0.2) is 50.7 Å². The largest absolute Gasteiger partial charge is 0.489 e. The summed E-state index contributed by atoms with van der Waals surface area (Å²) in [6.45, 7) is 9.31. The summed E-state index contributed by atoms with van der Waals surface area (Å²) < 4.78 is 5.69. The van der Waals surface area contributed by atoms with Crippen LogP contribution in [0.25, 0.3) is 0 Å². The summed E-state index contributed by atoms with van der Waals surface area (Å²) >= 11 is 0. The van der Waals surface area contributed by atoms with Gasteiger partial charge in [-0.05, 0) is 32.0 Å². The number of piperidine rings is 1. The third kappa shape index (κ3) is 8.09. The maximum atomic E-state index is 5.69. The third-order valence-electron chi connectivity index (χ3n) is 4.17. The van der Waals surface area contributed by atoms with Crippen LogP contribution in [0.1, 0.15) is 24.8 Å². The molecule has 140 valence electrons. The molecule has 1 fully saturated rings. The van der Waals surface area contributed by atoms with Gasteiger partial charge in [0.25, 0.3) is 0 Å². The number of para-hydroxylation sites is 1. The molecule has 2 N–H and O–H groups in total. The van der Waals surface area contributed by atoms with Gasteiger partial charge in [-0.3, -0.25) is 4.99 Å². The standard InChI is InChI=1S/C19H30N4O.HI/c1-3-15-24-18-10-6-5-9-17(18)16-22-19(20-2)21-11-14-23-12-7-4-8-13-23;/h3,5-6,9-10H,1,4,7-8,11-16H2,2H3,(H2,20,21,22);1H. The molecule has 0 radical (unpaired) electrons. The fraction of sp³-hybridized carbons (Fsp3) is 0.526. The Bertz CT molecular complexity index is 530. The molecule has 1 aliphatic heterocycles. The van der Waals surface area contributed by atoms with Crippen LogP contribution >= 0.6 is 24.0 Å². The molecule has 0 amide bonds. The number of hydrogen-bond acceptors (Lipinski definition) is 3. The topological polar surface area (TPSA) is 48.9 Å². The first-order valence-electron chi connectivity index (χ1n) is 8.82. The molecule has 5 nitrogen and oxygen atoms in total. The minimum Gasteiger partial charge on any atom is -0.489 e. The molecule has 6 heteroatoms. The molecular weight excluding hydrogens is 427 g/mol. The van der Waals surface area contributed by atoms with Crippen LogP contribution in [0.15, 0.2) is 41.9 Å². The summed E-state index contributed by atoms with van der Waals surface area (Å²) in [4.78, 5) is 6.81. The van der Waals surface area contributed by atoms with Crippen LogP contribution < -0.4 is 15.4 Å². The Morgan fingerprint density at radius 1 is 1.24 bits per heavy atom. The normalized spacial score (nSPS) is 15.2. The second-order valence-corrected chi connectivity index (χ2v) is 5.96. The number of hydrogen-bond donors (Lipinski definition) is 2. The highest BCUT2D eigenvalue weighted by Gasteiger charge is 2.09. The van der Waals surface area contributed by atoms with E-state index >= 15 is 0 Å². The van der Waals surface area contributed by atoms with E-state index in [1.807, 2.05) is 18.2 Å². The zero-order chi connectivity index (χ0) is 17.0. The Morgan fingerprint density at radius 2 is 2.00 bits per heavy atom. The minimum atomic E-state index is 0. The van der Waals surface area contributed by atoms with Gasteiger partial charge in [0.15, 0.2) is 5.96 Å². The van der Waals surface area contributed by atoms with E-state index in [9.17, 15) is 0 Å². The lowest BCUT2D eigenvalue weighted by Crippen LogP contribution is -2.42. The van der Waals surface area contributed by atoms with Crippen molar-refractivity contribution in [1.29, 1.82) is 0 Å². The lowest BCUT2D eigenvalue weighted by molar-refractivity contribution is 0.232. The van der Waals surface area contributed by atoms with Crippen molar-refractivity contribution in [3.63, 3.8) is 0 Å². The van der Waals surface area contributed by atoms with Crippen LogP contribution in [0.3, 0.4) is 0 Å². The fourth-order valence-corrected chi connectivity index (χ4v) is 2.85. The summed E-state index contributed by atoms with van der Waals surface area (Å²) in [5.74, 6) is 1.71. The molecule has 0 saturated carbocycles. The average Bonchev–Trinajstić information content (AvgIpc) is 2.64. The smallest absolute Gasteiger partial charge is 0.191 e. The van der Waals surface area contributed by atoms with E-state index in [0.717, 1.165) is 30.4 Å². The van der Waals surface area contributed by atoms with Crippen molar-refractivity contribution in [3.05, 3.63) is 42.5 Å². The van der Waals surface area contributed by atoms with Gasteiger partial charge in [0.1, 0.15) is 12.4 Å². The first kappa shape index (κ1) is 21.8. The summed E-state index contributed by atoms with van der Waals surface area (Å²) in [6.07, 6.45) is 5.79. The molecule has 0 unspecified atom stereocenters. The fourth-order valence-electron chi connectivity index (χ4n) is 2.85. The number of guanidine groups is 1. The number of benzene rings is 1. The van der Waals surface area contributed by atoms with Crippen molar-refractivity contribution in [2.45, 2.75) is 25.8 Å². The van der Waals surface area contributed by atoms with Gasteiger partial charge in [-0.25, -0.2) is 0 Å². The Morgan fingerprint density at radius 3 is 2.72 bits per heavy atom. The number of nitrogens with one attached hydrogen (secondary N) is 2. The van der Waals surface area contributed by atoms with Crippen LogP contribution in [0.4, 0.5) is 0 Å². The number of nitrogens with zero attached hydrogens (tertiary/aromatic N) is 2. The number of rotatable bonds is 8. The van der Waals surface area contributed by atoms with Crippen LogP contribution in [0.5, 0.6) is 5.75 Å². The van der Waals surface area contributed by atoms with Gasteiger partial charge in [0.2, 0.25) is 0 Å². The molecule has 2 rings (SSSR count). The molecule has 0 atom stereocenters. The van der Waals surface area contributed by atoms with Gasteiger partial charge in [0.05, 0.1) is 0 Å². The van der Waals surface area contributed by atoms with Crippen molar-refractivity contribution >= 4 is 29.9 Å². The molecule has 0 spiro atoms. The maximum absolute atomic E-state index is 5.69. The quantitative estimate of drug-likeness (QED) is 0.272. The van der Waals surface area contributed by atoms with E-state index in [2.05, 4.69) is 33.2 Å². The highest BCUT2D eigenvalue weighted by Crippen LogP contribution is 2.17. The summed E-state index contributed by atoms with van der Waals surface area (Å²) in [6, 6.07) is 8.04. The first-order chi connectivity index (χ1) is 11.8. The lowest BCUT2D eigenvalue weighted by Gasteiger charge is -2.26. The summed E-state index contributed by atoms with van der Waals surface area (Å²) in [7, 11) is 1.80. The van der Waals surface area contributed by atoms with E-state index in [4.69, 9.17) is 4.74 Å². The SMILES string of the molecule is C=CCOc1ccccc1CNC(=NC)NCCN1CCCCC1.I. The van der Waals surface area contributed by atoms with E-state index in [0.29, 0.717) is 13.2 Å². The van der Waals surface area contributed by atoms with Crippen molar-refractivity contribution in [2.24, 2.45) is 4.99 Å². The first-order valence-corrected chi connectivity index (χ1v) is 8.82. The second-order valence-electron chi connectivity index (χ2n) is 5.96. The van der Waals surface area contributed by atoms with Crippen LogP contribution in [-0.2, 0) is 6.54 Å². The monoisotopic (exact) mass is 458 g/mol. The number of aliphatic imine (C=N–C) groups is 1. The molecule has 1 heterocycles.